The van der Waals surface area contributed by atoms with Crippen molar-refractivity contribution in [1.29, 1.82) is 0 Å². The van der Waals surface area contributed by atoms with Crippen molar-refractivity contribution < 1.29 is 4.74 Å². The van der Waals surface area contributed by atoms with Crippen molar-refractivity contribution in [1.82, 2.24) is 0 Å². The van der Waals surface area contributed by atoms with E-state index in [9.17, 15) is 0 Å². The lowest BCUT2D eigenvalue weighted by Gasteiger charge is -2.29. The Kier molecular flexibility index (Phi) is 3.93. The van der Waals surface area contributed by atoms with Crippen LogP contribution in [-0.4, -0.2) is 6.10 Å². The van der Waals surface area contributed by atoms with E-state index in [-0.39, 0.29) is 0 Å². The van der Waals surface area contributed by atoms with E-state index in [1.807, 2.05) is 19.1 Å². The number of hydrogen-bond donors (Lipinski definition) is 1. The second-order valence-electron chi connectivity index (χ2n) is 5.22. The van der Waals surface area contributed by atoms with Crippen LogP contribution in [0.4, 0.5) is 5.69 Å². The smallest absolute Gasteiger partial charge is 0.142 e. The second kappa shape index (κ2) is 5.44. The van der Waals surface area contributed by atoms with Crippen LogP contribution in [0.1, 0.15) is 44.6 Å². The molecule has 2 atom stereocenters. The quantitative estimate of drug-likeness (QED) is 0.803. The molecule has 0 amide bonds. The lowest BCUT2D eigenvalue weighted by Crippen LogP contribution is -2.25. The van der Waals surface area contributed by atoms with E-state index >= 15 is 0 Å². The zero-order valence-corrected chi connectivity index (χ0v) is 10.9. The topological polar surface area (TPSA) is 35.2 Å². The van der Waals surface area contributed by atoms with Crippen molar-refractivity contribution >= 4 is 5.69 Å². The fourth-order valence-corrected chi connectivity index (χ4v) is 2.67. The van der Waals surface area contributed by atoms with Gasteiger partial charge in [0.25, 0.3) is 0 Å². The van der Waals surface area contributed by atoms with E-state index in [1.165, 1.54) is 37.7 Å². The maximum atomic E-state index is 6.05. The van der Waals surface area contributed by atoms with Gasteiger partial charge in [-0.05, 0) is 49.8 Å². The molecule has 17 heavy (non-hydrogen) atoms. The van der Waals surface area contributed by atoms with Crippen molar-refractivity contribution in [2.24, 2.45) is 5.92 Å². The number of nitrogens with two attached hydrogens (primary N) is 1. The first-order valence-electron chi connectivity index (χ1n) is 6.71. The van der Waals surface area contributed by atoms with Gasteiger partial charge in [-0.2, -0.15) is 0 Å². The maximum Gasteiger partial charge on any atom is 0.142 e. The van der Waals surface area contributed by atoms with E-state index < -0.39 is 0 Å². The Morgan fingerprint density at radius 3 is 2.88 bits per heavy atom. The highest BCUT2D eigenvalue weighted by molar-refractivity contribution is 5.54. The van der Waals surface area contributed by atoms with Crippen LogP contribution in [0.2, 0.25) is 0 Å². The predicted octanol–water partition coefficient (Wildman–Crippen LogP) is 3.92. The van der Waals surface area contributed by atoms with Gasteiger partial charge >= 0.3 is 0 Å². The van der Waals surface area contributed by atoms with Crippen LogP contribution in [0.5, 0.6) is 5.75 Å². The third-order valence-corrected chi connectivity index (χ3v) is 3.77. The van der Waals surface area contributed by atoms with Gasteiger partial charge in [-0.25, -0.2) is 0 Å². The largest absolute Gasteiger partial charge is 0.488 e. The Balaban J connectivity index is 2.00. The van der Waals surface area contributed by atoms with Crippen molar-refractivity contribution in [2.75, 3.05) is 5.73 Å². The lowest BCUT2D eigenvalue weighted by atomic mass is 9.85. The average molecular weight is 233 g/mol. The Hall–Kier alpha value is -1.18. The molecule has 1 aromatic carbocycles. The van der Waals surface area contributed by atoms with Gasteiger partial charge in [-0.1, -0.05) is 25.8 Å². The van der Waals surface area contributed by atoms with Crippen molar-refractivity contribution in [3.05, 3.63) is 23.8 Å². The molecule has 0 aliphatic heterocycles. The molecule has 94 valence electrons. The standard InChI is InChI=1S/C15H23NO/c1-3-12-5-4-6-13(10-12)17-15-8-7-11(2)9-14(15)16/h7-9,12-13H,3-6,10,16H2,1-2H3. The first kappa shape index (κ1) is 12.3. The summed E-state index contributed by atoms with van der Waals surface area (Å²) < 4.78 is 6.05. The van der Waals surface area contributed by atoms with Gasteiger partial charge in [-0.15, -0.1) is 0 Å². The third kappa shape index (κ3) is 3.15. The highest BCUT2D eigenvalue weighted by Crippen LogP contribution is 2.31. The highest BCUT2D eigenvalue weighted by Gasteiger charge is 2.22. The summed E-state index contributed by atoms with van der Waals surface area (Å²) in [6.07, 6.45) is 6.63. The molecule has 1 saturated carbocycles. The van der Waals surface area contributed by atoms with Gasteiger partial charge in [0.05, 0.1) is 11.8 Å². The highest BCUT2D eigenvalue weighted by atomic mass is 16.5. The molecular formula is C15H23NO. The first-order chi connectivity index (χ1) is 8.19. The zero-order valence-electron chi connectivity index (χ0n) is 10.9. The molecule has 2 nitrogen and oxygen atoms in total. The summed E-state index contributed by atoms with van der Waals surface area (Å²) in [7, 11) is 0. The summed E-state index contributed by atoms with van der Waals surface area (Å²) in [4.78, 5) is 0. The molecule has 2 rings (SSSR count). The summed E-state index contributed by atoms with van der Waals surface area (Å²) in [5, 5.41) is 0. The van der Waals surface area contributed by atoms with Gasteiger partial charge < -0.3 is 10.5 Å². The van der Waals surface area contributed by atoms with Crippen LogP contribution < -0.4 is 10.5 Å². The van der Waals surface area contributed by atoms with Crippen molar-refractivity contribution in [3.63, 3.8) is 0 Å². The normalized spacial score (nSPS) is 24.6. The number of anilines is 1. The Bertz CT molecular complexity index is 375. The van der Waals surface area contributed by atoms with E-state index in [1.54, 1.807) is 0 Å². The third-order valence-electron chi connectivity index (χ3n) is 3.77. The minimum absolute atomic E-state index is 0.360. The summed E-state index contributed by atoms with van der Waals surface area (Å²) in [6.45, 7) is 4.32. The summed E-state index contributed by atoms with van der Waals surface area (Å²) in [6, 6.07) is 6.04. The predicted molar refractivity (Wildman–Crippen MR) is 72.3 cm³/mol. The van der Waals surface area contributed by atoms with Gasteiger partial charge in [0.2, 0.25) is 0 Å². The van der Waals surface area contributed by atoms with E-state index in [0.29, 0.717) is 6.10 Å². The maximum absolute atomic E-state index is 6.05. The molecule has 2 unspecified atom stereocenters. The van der Waals surface area contributed by atoms with Gasteiger partial charge in [0.1, 0.15) is 5.75 Å². The van der Waals surface area contributed by atoms with Gasteiger partial charge in [-0.3, -0.25) is 0 Å². The molecule has 0 spiro atoms. The van der Waals surface area contributed by atoms with Crippen LogP contribution in [0.15, 0.2) is 18.2 Å². The molecule has 0 heterocycles. The Labute approximate surface area is 104 Å². The van der Waals surface area contributed by atoms with E-state index in [0.717, 1.165) is 17.4 Å². The molecule has 1 aliphatic rings. The number of nitrogen functional groups attached to an aromatic ring is 1. The Morgan fingerprint density at radius 2 is 2.18 bits per heavy atom. The minimum atomic E-state index is 0.360. The van der Waals surface area contributed by atoms with Crippen molar-refractivity contribution in [2.45, 2.75) is 52.1 Å². The summed E-state index contributed by atoms with van der Waals surface area (Å²) >= 11 is 0. The molecule has 2 heteroatoms. The number of aryl methyl sites for hydroxylation is 1. The second-order valence-corrected chi connectivity index (χ2v) is 5.22. The van der Waals surface area contributed by atoms with Crippen molar-refractivity contribution in [3.8, 4) is 5.75 Å². The number of ether oxygens (including phenoxy) is 1. The fraction of sp³-hybridized carbons (Fsp3) is 0.600. The molecule has 1 aromatic rings. The Morgan fingerprint density at radius 1 is 1.35 bits per heavy atom. The molecule has 0 saturated heterocycles. The van der Waals surface area contributed by atoms with Crippen LogP contribution in [0.3, 0.4) is 0 Å². The number of rotatable bonds is 3. The minimum Gasteiger partial charge on any atom is -0.488 e. The summed E-state index contributed by atoms with van der Waals surface area (Å²) in [5.41, 5.74) is 7.93. The lowest BCUT2D eigenvalue weighted by molar-refractivity contribution is 0.123. The molecule has 1 aliphatic carbocycles. The van der Waals surface area contributed by atoms with Crippen LogP contribution in [0.25, 0.3) is 0 Å². The fourth-order valence-electron chi connectivity index (χ4n) is 2.67. The molecule has 2 N–H and O–H groups in total. The number of hydrogen-bond acceptors (Lipinski definition) is 2. The average Bonchev–Trinajstić information content (AvgIpc) is 2.33. The van der Waals surface area contributed by atoms with Gasteiger partial charge in [0, 0.05) is 0 Å². The molecule has 0 aromatic heterocycles. The summed E-state index contributed by atoms with van der Waals surface area (Å²) in [5.74, 6) is 1.69. The molecular weight excluding hydrogens is 210 g/mol. The molecule has 0 bridgehead atoms. The first-order valence-corrected chi connectivity index (χ1v) is 6.71. The number of benzene rings is 1. The van der Waals surface area contributed by atoms with E-state index in [4.69, 9.17) is 10.5 Å². The van der Waals surface area contributed by atoms with Crippen LogP contribution in [0, 0.1) is 12.8 Å². The SMILES string of the molecule is CCC1CCCC(Oc2ccc(C)cc2N)C1. The van der Waals surface area contributed by atoms with E-state index in [2.05, 4.69) is 13.0 Å². The monoisotopic (exact) mass is 233 g/mol. The van der Waals surface area contributed by atoms with Crippen LogP contribution in [-0.2, 0) is 0 Å². The van der Waals surface area contributed by atoms with Crippen LogP contribution >= 0.6 is 0 Å². The molecule has 0 radical (unpaired) electrons. The molecule has 1 fully saturated rings. The van der Waals surface area contributed by atoms with Gasteiger partial charge in [0.15, 0.2) is 0 Å². The zero-order chi connectivity index (χ0) is 12.3.